The van der Waals surface area contributed by atoms with E-state index in [-0.39, 0.29) is 18.4 Å². The third kappa shape index (κ3) is 6.87. The molecule has 4 rings (SSSR count). The Bertz CT molecular complexity index is 1310. The first-order valence-electron chi connectivity index (χ1n) is 13.4. The summed E-state index contributed by atoms with van der Waals surface area (Å²) in [6, 6.07) is 17.0. The molecule has 0 unspecified atom stereocenters. The molecule has 0 spiro atoms. The third-order valence-electron chi connectivity index (χ3n) is 7.09. The summed E-state index contributed by atoms with van der Waals surface area (Å²) >= 11 is 0. The van der Waals surface area contributed by atoms with Crippen molar-refractivity contribution in [2.75, 3.05) is 79.0 Å². The van der Waals surface area contributed by atoms with Gasteiger partial charge in [0.1, 0.15) is 6.54 Å². The van der Waals surface area contributed by atoms with E-state index in [0.717, 1.165) is 22.6 Å². The lowest BCUT2D eigenvalue weighted by molar-refractivity contribution is -0.132. The molecule has 10 nitrogen and oxygen atoms in total. The summed E-state index contributed by atoms with van der Waals surface area (Å²) in [6.45, 7) is 5.52. The third-order valence-corrected chi connectivity index (χ3v) is 7.09. The van der Waals surface area contributed by atoms with Crippen LogP contribution in [0.1, 0.15) is 15.9 Å². The second kappa shape index (κ2) is 13.3. The van der Waals surface area contributed by atoms with Crippen molar-refractivity contribution in [3.8, 4) is 22.8 Å². The van der Waals surface area contributed by atoms with Crippen LogP contribution in [-0.4, -0.2) is 111 Å². The van der Waals surface area contributed by atoms with Crippen LogP contribution in [0.4, 0.5) is 5.82 Å². The van der Waals surface area contributed by atoms with E-state index in [4.69, 9.17) is 9.47 Å². The minimum atomic E-state index is -0.114. The number of rotatable bonds is 10. The number of aromatic nitrogens is 2. The molecule has 0 atom stereocenters. The molecule has 1 aliphatic heterocycles. The monoisotopic (exact) mass is 546 g/mol. The molecule has 0 saturated carbocycles. The van der Waals surface area contributed by atoms with Crippen LogP contribution in [0.25, 0.3) is 11.3 Å². The van der Waals surface area contributed by atoms with Gasteiger partial charge >= 0.3 is 0 Å². The van der Waals surface area contributed by atoms with Crippen LogP contribution < -0.4 is 14.4 Å². The highest BCUT2D eigenvalue weighted by atomic mass is 16.5. The number of hydrogen-bond acceptors (Lipinski definition) is 8. The largest absolute Gasteiger partial charge is 0.493 e. The minimum absolute atomic E-state index is 0.0461. The van der Waals surface area contributed by atoms with Gasteiger partial charge in [-0.2, -0.15) is 0 Å². The summed E-state index contributed by atoms with van der Waals surface area (Å²) in [5, 5.41) is 8.87. The molecule has 2 heterocycles. The number of ether oxygens (including phenoxy) is 2. The Kier molecular flexibility index (Phi) is 9.55. The molecule has 10 heteroatoms. The maximum atomic E-state index is 13.3. The van der Waals surface area contributed by atoms with Crippen molar-refractivity contribution < 1.29 is 19.1 Å². The van der Waals surface area contributed by atoms with Gasteiger partial charge in [0.15, 0.2) is 17.3 Å². The van der Waals surface area contributed by atoms with Gasteiger partial charge in [-0.25, -0.2) is 0 Å². The molecule has 1 fully saturated rings. The van der Waals surface area contributed by atoms with E-state index >= 15 is 0 Å². The van der Waals surface area contributed by atoms with Gasteiger partial charge in [-0.05, 0) is 63.0 Å². The fraction of sp³-hybridized carbons (Fsp3) is 0.400. The van der Waals surface area contributed by atoms with Gasteiger partial charge in [0.05, 0.1) is 19.9 Å². The van der Waals surface area contributed by atoms with Crippen LogP contribution in [0.5, 0.6) is 11.5 Å². The Balaban J connectivity index is 1.37. The summed E-state index contributed by atoms with van der Waals surface area (Å²) in [6.07, 6.45) is 0. The van der Waals surface area contributed by atoms with Crippen LogP contribution in [0, 0.1) is 6.92 Å². The summed E-state index contributed by atoms with van der Waals surface area (Å²) in [4.78, 5) is 34.2. The normalized spacial score (nSPS) is 13.3. The second-order valence-electron chi connectivity index (χ2n) is 10.1. The van der Waals surface area contributed by atoms with Crippen molar-refractivity contribution in [2.24, 2.45) is 0 Å². The molecule has 40 heavy (non-hydrogen) atoms. The molecular weight excluding hydrogens is 508 g/mol. The second-order valence-corrected chi connectivity index (χ2v) is 10.1. The standard InChI is InChI=1S/C30H38N6O4/c1-22-8-6-7-9-24(22)30(38)36(15-14-33(2)3)21-29(37)35-18-16-34(17-19-35)28-13-11-25(31-32-28)23-10-12-26(39-4)27(20-23)40-5/h6-13,20H,14-19,21H2,1-5H3. The predicted octanol–water partition coefficient (Wildman–Crippen LogP) is 2.82. The Hall–Kier alpha value is -4.18. The maximum absolute atomic E-state index is 13.3. The number of benzene rings is 2. The molecule has 1 saturated heterocycles. The average molecular weight is 547 g/mol. The van der Waals surface area contributed by atoms with Crippen LogP contribution in [0.3, 0.4) is 0 Å². The van der Waals surface area contributed by atoms with Crippen LogP contribution in [-0.2, 0) is 4.79 Å². The number of hydrogen-bond donors (Lipinski definition) is 0. The fourth-order valence-electron chi connectivity index (χ4n) is 4.65. The van der Waals surface area contributed by atoms with Crippen molar-refractivity contribution in [2.45, 2.75) is 6.92 Å². The molecule has 1 aromatic heterocycles. The first-order valence-corrected chi connectivity index (χ1v) is 13.4. The molecule has 2 aromatic carbocycles. The first-order chi connectivity index (χ1) is 19.3. The number of carbonyl (C=O) groups is 2. The molecular formula is C30H38N6O4. The van der Waals surface area contributed by atoms with Crippen molar-refractivity contribution in [1.29, 1.82) is 0 Å². The zero-order chi connectivity index (χ0) is 28.6. The fourth-order valence-corrected chi connectivity index (χ4v) is 4.65. The highest BCUT2D eigenvalue weighted by molar-refractivity contribution is 5.97. The molecule has 1 aliphatic rings. The zero-order valence-corrected chi connectivity index (χ0v) is 24.0. The van der Waals surface area contributed by atoms with Gasteiger partial charge in [0.2, 0.25) is 5.91 Å². The van der Waals surface area contributed by atoms with Gasteiger partial charge in [-0.15, -0.1) is 10.2 Å². The Morgan fingerprint density at radius 2 is 1.60 bits per heavy atom. The van der Waals surface area contributed by atoms with Gasteiger partial charge in [0, 0.05) is 50.4 Å². The quantitative estimate of drug-likeness (QED) is 0.384. The highest BCUT2D eigenvalue weighted by Gasteiger charge is 2.26. The Morgan fingerprint density at radius 1 is 0.875 bits per heavy atom. The van der Waals surface area contributed by atoms with E-state index in [1.165, 1.54) is 0 Å². The number of amides is 2. The number of methoxy groups -OCH3 is 2. The summed E-state index contributed by atoms with van der Waals surface area (Å²) in [5.74, 6) is 1.89. The van der Waals surface area contributed by atoms with E-state index in [2.05, 4.69) is 15.1 Å². The number of aryl methyl sites for hydroxylation is 1. The molecule has 0 bridgehead atoms. The van der Waals surface area contributed by atoms with E-state index < -0.39 is 0 Å². The van der Waals surface area contributed by atoms with Gasteiger partial charge in [-0.3, -0.25) is 9.59 Å². The van der Waals surface area contributed by atoms with Crippen molar-refractivity contribution in [1.82, 2.24) is 24.9 Å². The maximum Gasteiger partial charge on any atom is 0.254 e. The van der Waals surface area contributed by atoms with E-state index in [9.17, 15) is 9.59 Å². The number of carbonyl (C=O) groups excluding carboxylic acids is 2. The Labute approximate surface area is 236 Å². The van der Waals surface area contributed by atoms with Gasteiger partial charge in [-0.1, -0.05) is 18.2 Å². The van der Waals surface area contributed by atoms with E-state index in [0.29, 0.717) is 56.3 Å². The van der Waals surface area contributed by atoms with E-state index in [1.807, 2.05) is 85.4 Å². The first kappa shape index (κ1) is 28.8. The molecule has 0 radical (unpaired) electrons. The average Bonchev–Trinajstić information content (AvgIpc) is 2.98. The molecule has 3 aromatic rings. The van der Waals surface area contributed by atoms with Crippen LogP contribution >= 0.6 is 0 Å². The van der Waals surface area contributed by atoms with E-state index in [1.54, 1.807) is 19.1 Å². The zero-order valence-electron chi connectivity index (χ0n) is 24.0. The molecule has 0 aliphatic carbocycles. The number of piperazine rings is 1. The number of likely N-dealkylation sites (N-methyl/N-ethyl adjacent to an activating group) is 1. The summed E-state index contributed by atoms with van der Waals surface area (Å²) < 4.78 is 10.7. The van der Waals surface area contributed by atoms with Gasteiger partial charge in [0.25, 0.3) is 5.91 Å². The smallest absolute Gasteiger partial charge is 0.254 e. The van der Waals surface area contributed by atoms with Crippen molar-refractivity contribution >= 4 is 17.6 Å². The Morgan fingerprint density at radius 3 is 2.23 bits per heavy atom. The van der Waals surface area contributed by atoms with Crippen LogP contribution in [0.2, 0.25) is 0 Å². The van der Waals surface area contributed by atoms with Crippen LogP contribution in [0.15, 0.2) is 54.6 Å². The number of nitrogens with zero attached hydrogens (tertiary/aromatic N) is 6. The van der Waals surface area contributed by atoms with Crippen molar-refractivity contribution in [3.05, 3.63) is 65.7 Å². The minimum Gasteiger partial charge on any atom is -0.493 e. The summed E-state index contributed by atoms with van der Waals surface area (Å²) in [7, 11) is 7.12. The lowest BCUT2D eigenvalue weighted by Gasteiger charge is -2.36. The summed E-state index contributed by atoms with van der Waals surface area (Å²) in [5.41, 5.74) is 3.15. The highest BCUT2D eigenvalue weighted by Crippen LogP contribution is 2.31. The topological polar surface area (TPSA) is 91.3 Å². The molecule has 212 valence electrons. The lowest BCUT2D eigenvalue weighted by atomic mass is 10.1. The number of anilines is 1. The SMILES string of the molecule is COc1ccc(-c2ccc(N3CCN(C(=O)CN(CCN(C)C)C(=O)c4ccccc4C)CC3)nn2)cc1OC. The predicted molar refractivity (Wildman–Crippen MR) is 155 cm³/mol. The van der Waals surface area contributed by atoms with Crippen molar-refractivity contribution in [3.63, 3.8) is 0 Å². The molecule has 2 amide bonds. The molecule has 0 N–H and O–H groups in total. The van der Waals surface area contributed by atoms with Gasteiger partial charge < -0.3 is 29.1 Å². The lowest BCUT2D eigenvalue weighted by Crippen LogP contribution is -2.52.